The van der Waals surface area contributed by atoms with E-state index in [2.05, 4.69) is 21.3 Å². The second kappa shape index (κ2) is 6.37. The molecule has 4 nitrogen and oxygen atoms in total. The van der Waals surface area contributed by atoms with Crippen LogP contribution in [0.2, 0.25) is 5.15 Å². The van der Waals surface area contributed by atoms with E-state index in [1.807, 2.05) is 7.05 Å². The molecule has 98 valence electrons. The van der Waals surface area contributed by atoms with Gasteiger partial charge in [-0.1, -0.05) is 22.9 Å². The average Bonchev–Trinajstić information content (AvgIpc) is 2.78. The molecule has 1 aliphatic heterocycles. The van der Waals surface area contributed by atoms with Crippen LogP contribution in [0.3, 0.4) is 0 Å². The molecule has 1 aromatic heterocycles. The Hall–Kier alpha value is -0.830. The molecule has 0 unspecified atom stereocenters. The predicted octanol–water partition coefficient (Wildman–Crippen LogP) is 2.49. The van der Waals surface area contributed by atoms with Crippen LogP contribution in [-0.4, -0.2) is 31.7 Å². The molecule has 0 radical (unpaired) electrons. The Morgan fingerprint density at radius 3 is 2.83 bits per heavy atom. The molecule has 6 heteroatoms. The third kappa shape index (κ3) is 3.14. The fraction of sp³-hybridized carbons (Fsp3) is 0.667. The molecule has 0 aromatic carbocycles. The molecular weight excluding hydrogens is 268 g/mol. The summed E-state index contributed by atoms with van der Waals surface area (Å²) in [5.74, 6) is 0.805. The largest absolute Gasteiger partial charge is 0.348 e. The SMILES string of the molecule is CNCCC1CCN(c2nc(Cl)c(C#N)s2)CC1. The zero-order valence-corrected chi connectivity index (χ0v) is 12.0. The lowest BCUT2D eigenvalue weighted by Crippen LogP contribution is -2.34. The summed E-state index contributed by atoms with van der Waals surface area (Å²) in [6.45, 7) is 3.12. The molecule has 1 saturated heterocycles. The predicted molar refractivity (Wildman–Crippen MR) is 75.3 cm³/mol. The molecule has 2 rings (SSSR count). The number of rotatable bonds is 4. The number of nitriles is 1. The maximum atomic E-state index is 8.88. The minimum atomic E-state index is 0.342. The Labute approximate surface area is 117 Å². The minimum Gasteiger partial charge on any atom is -0.348 e. The van der Waals surface area contributed by atoms with E-state index in [-0.39, 0.29) is 0 Å². The summed E-state index contributed by atoms with van der Waals surface area (Å²) in [5.41, 5.74) is 0. The van der Waals surface area contributed by atoms with Crippen molar-refractivity contribution in [3.63, 3.8) is 0 Å². The van der Waals surface area contributed by atoms with Gasteiger partial charge in [0.25, 0.3) is 0 Å². The van der Waals surface area contributed by atoms with Gasteiger partial charge >= 0.3 is 0 Å². The van der Waals surface area contributed by atoms with E-state index >= 15 is 0 Å². The number of hydrogen-bond acceptors (Lipinski definition) is 5. The highest BCUT2D eigenvalue weighted by molar-refractivity contribution is 7.16. The van der Waals surface area contributed by atoms with Crippen molar-refractivity contribution in [2.75, 3.05) is 31.6 Å². The van der Waals surface area contributed by atoms with Gasteiger partial charge in [-0.05, 0) is 38.8 Å². The summed E-state index contributed by atoms with van der Waals surface area (Å²) >= 11 is 7.30. The summed E-state index contributed by atoms with van der Waals surface area (Å²) in [4.78, 5) is 7.03. The zero-order chi connectivity index (χ0) is 13.0. The van der Waals surface area contributed by atoms with E-state index in [0.717, 1.165) is 30.7 Å². The topological polar surface area (TPSA) is 52.0 Å². The van der Waals surface area contributed by atoms with E-state index < -0.39 is 0 Å². The quantitative estimate of drug-likeness (QED) is 0.923. The van der Waals surface area contributed by atoms with E-state index in [0.29, 0.717) is 10.0 Å². The van der Waals surface area contributed by atoms with Crippen LogP contribution in [0.5, 0.6) is 0 Å². The Bertz CT molecular complexity index is 432. The van der Waals surface area contributed by atoms with Crippen LogP contribution in [0.4, 0.5) is 5.13 Å². The van der Waals surface area contributed by atoms with Gasteiger partial charge in [0.2, 0.25) is 0 Å². The zero-order valence-electron chi connectivity index (χ0n) is 10.4. The van der Waals surface area contributed by atoms with Gasteiger partial charge < -0.3 is 10.2 Å². The van der Waals surface area contributed by atoms with Gasteiger partial charge in [-0.3, -0.25) is 0 Å². The van der Waals surface area contributed by atoms with Gasteiger partial charge in [0.1, 0.15) is 10.9 Å². The lowest BCUT2D eigenvalue weighted by atomic mass is 9.94. The maximum Gasteiger partial charge on any atom is 0.188 e. The molecule has 0 bridgehead atoms. The van der Waals surface area contributed by atoms with Gasteiger partial charge in [0, 0.05) is 13.1 Å². The van der Waals surface area contributed by atoms with Crippen molar-refractivity contribution in [1.29, 1.82) is 5.26 Å². The van der Waals surface area contributed by atoms with Crippen LogP contribution in [0, 0.1) is 17.2 Å². The number of anilines is 1. The van der Waals surface area contributed by atoms with Crippen LogP contribution in [0.15, 0.2) is 0 Å². The highest BCUT2D eigenvalue weighted by Crippen LogP contribution is 2.32. The van der Waals surface area contributed by atoms with E-state index in [4.69, 9.17) is 16.9 Å². The van der Waals surface area contributed by atoms with Crippen LogP contribution >= 0.6 is 22.9 Å². The van der Waals surface area contributed by atoms with Crippen molar-refractivity contribution in [2.45, 2.75) is 19.3 Å². The fourth-order valence-corrected chi connectivity index (χ4v) is 3.35. The smallest absolute Gasteiger partial charge is 0.188 e. The van der Waals surface area contributed by atoms with Gasteiger partial charge in [-0.25, -0.2) is 4.98 Å². The first kappa shape index (κ1) is 13.6. The number of thiazole rings is 1. The molecule has 0 amide bonds. The number of hydrogen-bond donors (Lipinski definition) is 1. The summed E-state index contributed by atoms with van der Waals surface area (Å²) in [5, 5.41) is 13.3. The van der Waals surface area contributed by atoms with Crippen LogP contribution < -0.4 is 10.2 Å². The Kier molecular flexibility index (Phi) is 4.81. The molecule has 18 heavy (non-hydrogen) atoms. The van der Waals surface area contributed by atoms with Crippen molar-refractivity contribution in [3.8, 4) is 6.07 Å². The average molecular weight is 285 g/mol. The van der Waals surface area contributed by atoms with Crippen LogP contribution in [0.25, 0.3) is 0 Å². The normalized spacial score (nSPS) is 16.8. The fourth-order valence-electron chi connectivity index (χ4n) is 2.26. The Morgan fingerprint density at radius 2 is 2.28 bits per heavy atom. The Balaban J connectivity index is 1.91. The van der Waals surface area contributed by atoms with Gasteiger partial charge in [0.05, 0.1) is 0 Å². The molecular formula is C12H17ClN4S. The minimum absolute atomic E-state index is 0.342. The maximum absolute atomic E-state index is 8.88. The van der Waals surface area contributed by atoms with Crippen molar-refractivity contribution in [3.05, 3.63) is 10.0 Å². The highest BCUT2D eigenvalue weighted by atomic mass is 35.5. The highest BCUT2D eigenvalue weighted by Gasteiger charge is 2.22. The molecule has 0 saturated carbocycles. The third-order valence-corrected chi connectivity index (χ3v) is 4.77. The summed E-state index contributed by atoms with van der Waals surface area (Å²) in [7, 11) is 2.00. The summed E-state index contributed by atoms with van der Waals surface area (Å²) in [6.07, 6.45) is 3.63. The third-order valence-electron chi connectivity index (χ3n) is 3.36. The Morgan fingerprint density at radius 1 is 1.56 bits per heavy atom. The van der Waals surface area contributed by atoms with Gasteiger partial charge in [-0.15, -0.1) is 0 Å². The lowest BCUT2D eigenvalue weighted by Gasteiger charge is -2.31. The first-order valence-electron chi connectivity index (χ1n) is 6.20. The number of aromatic nitrogens is 1. The molecule has 1 N–H and O–H groups in total. The van der Waals surface area contributed by atoms with Gasteiger partial charge in [-0.2, -0.15) is 5.26 Å². The molecule has 0 spiro atoms. The van der Waals surface area contributed by atoms with Crippen LogP contribution in [-0.2, 0) is 0 Å². The number of halogens is 1. The lowest BCUT2D eigenvalue weighted by molar-refractivity contribution is 0.378. The monoisotopic (exact) mass is 284 g/mol. The number of piperidine rings is 1. The number of nitrogens with zero attached hydrogens (tertiary/aromatic N) is 3. The van der Waals surface area contributed by atoms with E-state index in [1.54, 1.807) is 0 Å². The van der Waals surface area contributed by atoms with Crippen molar-refractivity contribution in [2.24, 2.45) is 5.92 Å². The molecule has 1 fully saturated rings. The van der Waals surface area contributed by atoms with Crippen molar-refractivity contribution in [1.82, 2.24) is 10.3 Å². The van der Waals surface area contributed by atoms with Gasteiger partial charge in [0.15, 0.2) is 10.3 Å². The summed E-state index contributed by atoms with van der Waals surface area (Å²) < 4.78 is 0. The second-order valence-electron chi connectivity index (χ2n) is 4.55. The van der Waals surface area contributed by atoms with Crippen molar-refractivity contribution >= 4 is 28.1 Å². The van der Waals surface area contributed by atoms with Crippen molar-refractivity contribution < 1.29 is 0 Å². The molecule has 2 heterocycles. The molecule has 1 aliphatic rings. The first-order valence-corrected chi connectivity index (χ1v) is 7.40. The molecule has 0 aliphatic carbocycles. The summed E-state index contributed by atoms with van der Waals surface area (Å²) in [6, 6.07) is 2.08. The first-order chi connectivity index (χ1) is 8.74. The van der Waals surface area contributed by atoms with E-state index in [9.17, 15) is 0 Å². The molecule has 1 aromatic rings. The second-order valence-corrected chi connectivity index (χ2v) is 5.89. The van der Waals surface area contributed by atoms with E-state index in [1.165, 1.54) is 30.6 Å². The molecule has 0 atom stereocenters. The standard InChI is InChI=1S/C12H17ClN4S/c1-15-5-2-9-3-6-17(7-4-9)12-16-11(13)10(8-14)18-12/h9,15H,2-7H2,1H3. The van der Waals surface area contributed by atoms with Crippen LogP contribution in [0.1, 0.15) is 24.1 Å². The number of nitrogens with one attached hydrogen (secondary N) is 1.